The maximum absolute atomic E-state index is 12.2. The first-order chi connectivity index (χ1) is 9.99. The molecule has 0 aromatic heterocycles. The second kappa shape index (κ2) is 6.85. The van der Waals surface area contributed by atoms with Crippen molar-refractivity contribution in [3.05, 3.63) is 41.7 Å². The number of ether oxygens (including phenoxy) is 2. The molecule has 1 atom stereocenters. The van der Waals surface area contributed by atoms with Crippen molar-refractivity contribution < 1.29 is 22.6 Å². The van der Waals surface area contributed by atoms with Gasteiger partial charge in [0.1, 0.15) is 5.75 Å². The van der Waals surface area contributed by atoms with Crippen molar-refractivity contribution in [2.75, 3.05) is 13.2 Å². The Balaban J connectivity index is 2.15. The van der Waals surface area contributed by atoms with Gasteiger partial charge in [0.25, 0.3) is 0 Å². The quantitative estimate of drug-likeness (QED) is 0.894. The Morgan fingerprint density at radius 2 is 2.00 bits per heavy atom. The van der Waals surface area contributed by atoms with Gasteiger partial charge >= 0.3 is 6.36 Å². The molecular weight excluding hydrogens is 283 g/mol. The summed E-state index contributed by atoms with van der Waals surface area (Å²) in [5.74, 6) is -0.213. The first-order valence-electron chi connectivity index (χ1n) is 6.89. The minimum atomic E-state index is -4.66. The van der Waals surface area contributed by atoms with Gasteiger partial charge in [0.2, 0.25) is 0 Å². The molecule has 0 saturated heterocycles. The summed E-state index contributed by atoms with van der Waals surface area (Å²) in [6.45, 7) is 3.45. The van der Waals surface area contributed by atoms with Gasteiger partial charge in [-0.2, -0.15) is 0 Å². The molecule has 0 amide bonds. The number of likely N-dealkylation sites (N-methyl/N-ethyl adjacent to an activating group) is 1. The molecule has 1 aromatic carbocycles. The third kappa shape index (κ3) is 4.67. The van der Waals surface area contributed by atoms with Gasteiger partial charge < -0.3 is 14.8 Å². The minimum absolute atomic E-state index is 0.0461. The van der Waals surface area contributed by atoms with Gasteiger partial charge in [0, 0.05) is 0 Å². The summed E-state index contributed by atoms with van der Waals surface area (Å²) in [4.78, 5) is 0. The van der Waals surface area contributed by atoms with Gasteiger partial charge in [0.05, 0.1) is 18.9 Å². The van der Waals surface area contributed by atoms with Gasteiger partial charge in [-0.05, 0) is 42.7 Å². The molecule has 0 saturated carbocycles. The third-order valence-electron chi connectivity index (χ3n) is 3.19. The molecular formula is C15H18F3NO2. The molecule has 116 valence electrons. The normalized spacial score (nSPS) is 16.9. The lowest BCUT2D eigenvalue weighted by Crippen LogP contribution is -2.24. The molecule has 1 aliphatic rings. The van der Waals surface area contributed by atoms with Crippen LogP contribution >= 0.6 is 0 Å². The highest BCUT2D eigenvalue weighted by Crippen LogP contribution is 2.30. The van der Waals surface area contributed by atoms with E-state index in [0.29, 0.717) is 6.61 Å². The summed E-state index contributed by atoms with van der Waals surface area (Å²) in [5.41, 5.74) is 2.00. The predicted molar refractivity (Wildman–Crippen MR) is 72.8 cm³/mol. The van der Waals surface area contributed by atoms with E-state index >= 15 is 0 Å². The van der Waals surface area contributed by atoms with E-state index in [0.717, 1.165) is 30.5 Å². The van der Waals surface area contributed by atoms with Gasteiger partial charge in [-0.3, -0.25) is 0 Å². The highest BCUT2D eigenvalue weighted by atomic mass is 19.4. The fraction of sp³-hybridized carbons (Fsp3) is 0.467. The number of benzene rings is 1. The first kappa shape index (κ1) is 15.7. The second-order valence-electron chi connectivity index (χ2n) is 4.77. The van der Waals surface area contributed by atoms with Crippen molar-refractivity contribution in [1.82, 2.24) is 5.32 Å². The zero-order chi connectivity index (χ0) is 15.3. The zero-order valence-electron chi connectivity index (χ0n) is 11.7. The van der Waals surface area contributed by atoms with Gasteiger partial charge in [0.15, 0.2) is 0 Å². The summed E-state index contributed by atoms with van der Waals surface area (Å²) in [7, 11) is 0. The molecule has 3 nitrogen and oxygen atoms in total. The molecule has 21 heavy (non-hydrogen) atoms. The fourth-order valence-electron chi connectivity index (χ4n) is 2.33. The number of rotatable bonds is 5. The summed E-state index contributed by atoms with van der Waals surface area (Å²) >= 11 is 0. The Labute approximate surface area is 121 Å². The van der Waals surface area contributed by atoms with E-state index in [1.54, 1.807) is 18.4 Å². The lowest BCUT2D eigenvalue weighted by molar-refractivity contribution is -0.274. The number of halogens is 3. The topological polar surface area (TPSA) is 30.5 Å². The van der Waals surface area contributed by atoms with E-state index in [1.165, 1.54) is 12.1 Å². The Morgan fingerprint density at radius 1 is 1.29 bits per heavy atom. The van der Waals surface area contributed by atoms with Crippen LogP contribution in [-0.4, -0.2) is 19.5 Å². The monoisotopic (exact) mass is 301 g/mol. The van der Waals surface area contributed by atoms with Crippen LogP contribution < -0.4 is 10.1 Å². The summed E-state index contributed by atoms with van der Waals surface area (Å²) in [5, 5.41) is 3.33. The van der Waals surface area contributed by atoms with Crippen molar-refractivity contribution in [3.63, 3.8) is 0 Å². The van der Waals surface area contributed by atoms with Crippen LogP contribution in [0.25, 0.3) is 0 Å². The van der Waals surface area contributed by atoms with Crippen LogP contribution in [0.1, 0.15) is 31.4 Å². The van der Waals surface area contributed by atoms with E-state index in [2.05, 4.69) is 10.1 Å². The molecule has 6 heteroatoms. The Bertz CT molecular complexity index is 483. The third-order valence-corrected chi connectivity index (χ3v) is 3.19. The molecule has 0 aliphatic carbocycles. The van der Waals surface area contributed by atoms with E-state index in [4.69, 9.17) is 4.74 Å². The average molecular weight is 301 g/mol. The van der Waals surface area contributed by atoms with Crippen LogP contribution in [0.15, 0.2) is 36.1 Å². The molecule has 0 radical (unpaired) electrons. The number of alkyl halides is 3. The fourth-order valence-corrected chi connectivity index (χ4v) is 2.33. The van der Waals surface area contributed by atoms with Crippen molar-refractivity contribution in [1.29, 1.82) is 0 Å². The molecule has 1 heterocycles. The highest BCUT2D eigenvalue weighted by molar-refractivity contribution is 5.33. The first-order valence-corrected chi connectivity index (χ1v) is 6.89. The van der Waals surface area contributed by atoms with Crippen LogP contribution in [0.3, 0.4) is 0 Å². The van der Waals surface area contributed by atoms with Crippen molar-refractivity contribution in [2.24, 2.45) is 0 Å². The van der Waals surface area contributed by atoms with Crippen LogP contribution in [0, 0.1) is 0 Å². The maximum atomic E-state index is 12.2. The lowest BCUT2D eigenvalue weighted by Gasteiger charge is -2.24. The van der Waals surface area contributed by atoms with Gasteiger partial charge in [-0.15, -0.1) is 13.2 Å². The largest absolute Gasteiger partial charge is 0.573 e. The van der Waals surface area contributed by atoms with Crippen LogP contribution in [0.5, 0.6) is 5.75 Å². The Hall–Kier alpha value is -1.69. The smallest absolute Gasteiger partial charge is 0.501 e. The predicted octanol–water partition coefficient (Wildman–Crippen LogP) is 3.93. The molecule has 1 N–H and O–H groups in total. The number of hydrogen-bond donors (Lipinski definition) is 1. The summed E-state index contributed by atoms with van der Waals surface area (Å²) in [6.07, 6.45) is -1.05. The molecule has 0 bridgehead atoms. The van der Waals surface area contributed by atoms with Crippen LogP contribution in [-0.2, 0) is 4.74 Å². The van der Waals surface area contributed by atoms with Crippen LogP contribution in [0.4, 0.5) is 13.2 Å². The summed E-state index contributed by atoms with van der Waals surface area (Å²) in [6, 6.07) is 5.90. The molecule has 1 aliphatic heterocycles. The van der Waals surface area contributed by atoms with E-state index in [9.17, 15) is 13.2 Å². The Morgan fingerprint density at radius 3 is 2.52 bits per heavy atom. The van der Waals surface area contributed by atoms with E-state index in [-0.39, 0.29) is 11.8 Å². The van der Waals surface area contributed by atoms with Gasteiger partial charge in [-0.25, -0.2) is 0 Å². The Kier molecular flexibility index (Phi) is 5.12. The van der Waals surface area contributed by atoms with E-state index < -0.39 is 6.36 Å². The number of hydrogen-bond acceptors (Lipinski definition) is 3. The molecule has 1 unspecified atom stereocenters. The van der Waals surface area contributed by atoms with Crippen molar-refractivity contribution in [2.45, 2.75) is 32.2 Å². The molecule has 2 rings (SSSR count). The SMILES string of the molecule is CCNC(C1=COCCC1)c1ccc(OC(F)(F)F)cc1. The van der Waals surface area contributed by atoms with Gasteiger partial charge in [-0.1, -0.05) is 19.1 Å². The zero-order valence-corrected chi connectivity index (χ0v) is 11.7. The highest BCUT2D eigenvalue weighted by Gasteiger charge is 2.31. The molecule has 0 fully saturated rings. The number of nitrogens with one attached hydrogen (secondary N) is 1. The second-order valence-corrected chi connectivity index (χ2v) is 4.77. The van der Waals surface area contributed by atoms with Crippen molar-refractivity contribution in [3.8, 4) is 5.75 Å². The lowest BCUT2D eigenvalue weighted by atomic mass is 9.95. The molecule has 1 aromatic rings. The maximum Gasteiger partial charge on any atom is 0.573 e. The van der Waals surface area contributed by atoms with Crippen molar-refractivity contribution >= 4 is 0 Å². The minimum Gasteiger partial charge on any atom is -0.501 e. The standard InChI is InChI=1S/C15H18F3NO2/c1-2-19-14(12-4-3-9-20-10-12)11-5-7-13(8-6-11)21-15(16,17)18/h5-8,10,14,19H,2-4,9H2,1H3. The van der Waals surface area contributed by atoms with E-state index in [1.807, 2.05) is 6.92 Å². The summed E-state index contributed by atoms with van der Waals surface area (Å²) < 4.78 is 45.7. The average Bonchev–Trinajstić information content (AvgIpc) is 2.45. The molecule has 0 spiro atoms. The van der Waals surface area contributed by atoms with Crippen LogP contribution in [0.2, 0.25) is 0 Å².